The Morgan fingerprint density at radius 2 is 1.42 bits per heavy atom. The molecule has 0 saturated heterocycles. The molecule has 1 N–H and O–H groups in total. The van der Waals surface area contributed by atoms with Gasteiger partial charge >= 0.3 is 5.97 Å². The molecular weight excluding hydrogens is 396 g/mol. The summed E-state index contributed by atoms with van der Waals surface area (Å²) in [5.74, 6) is -2.47. The molecule has 0 saturated carbocycles. The second kappa shape index (κ2) is 8.02. The van der Waals surface area contributed by atoms with Gasteiger partial charge in [-0.1, -0.05) is 42.5 Å². The van der Waals surface area contributed by atoms with E-state index >= 15 is 0 Å². The molecule has 2 atom stereocenters. The van der Waals surface area contributed by atoms with Crippen molar-refractivity contribution in [2.75, 3.05) is 5.32 Å². The fourth-order valence-electron chi connectivity index (χ4n) is 3.50. The molecular formula is C24H20N2O5. The molecule has 0 aromatic heterocycles. The summed E-state index contributed by atoms with van der Waals surface area (Å²) in [5.41, 5.74) is 1.06. The van der Waals surface area contributed by atoms with Crippen LogP contribution in [0.5, 0.6) is 0 Å². The average Bonchev–Trinajstić information content (AvgIpc) is 3.03. The number of anilines is 1. The van der Waals surface area contributed by atoms with Crippen LogP contribution in [0, 0.1) is 0 Å². The highest BCUT2D eigenvalue weighted by Gasteiger charge is 2.41. The minimum Gasteiger partial charge on any atom is -0.451 e. The molecule has 1 aliphatic rings. The molecule has 0 fully saturated rings. The van der Waals surface area contributed by atoms with Gasteiger partial charge in [-0.15, -0.1) is 0 Å². The summed E-state index contributed by atoms with van der Waals surface area (Å²) < 4.78 is 5.24. The number of carbonyl (C=O) groups is 4. The molecule has 3 amide bonds. The molecule has 0 bridgehead atoms. The largest absolute Gasteiger partial charge is 0.451 e. The van der Waals surface area contributed by atoms with Gasteiger partial charge in [0.2, 0.25) is 0 Å². The van der Waals surface area contributed by atoms with Crippen molar-refractivity contribution >= 4 is 40.2 Å². The zero-order chi connectivity index (χ0) is 22.1. The van der Waals surface area contributed by atoms with Crippen molar-refractivity contribution in [3.8, 4) is 0 Å². The maximum atomic E-state index is 12.6. The highest BCUT2D eigenvalue weighted by molar-refractivity contribution is 6.22. The smallest absolute Gasteiger partial charge is 0.329 e. The first-order valence-electron chi connectivity index (χ1n) is 9.84. The third-order valence-corrected chi connectivity index (χ3v) is 5.23. The Bertz CT molecular complexity index is 1180. The molecule has 156 valence electrons. The number of hydrogen-bond donors (Lipinski definition) is 1. The van der Waals surface area contributed by atoms with Gasteiger partial charge in [-0.2, -0.15) is 0 Å². The number of benzene rings is 3. The van der Waals surface area contributed by atoms with Gasteiger partial charge in [-0.3, -0.25) is 19.3 Å². The molecule has 0 radical (unpaired) electrons. The van der Waals surface area contributed by atoms with Crippen LogP contribution in [0.15, 0.2) is 66.7 Å². The lowest BCUT2D eigenvalue weighted by Crippen LogP contribution is -2.45. The van der Waals surface area contributed by atoms with Crippen LogP contribution in [0.3, 0.4) is 0 Å². The molecule has 1 aliphatic heterocycles. The fraction of sp³-hybridized carbons (Fsp3) is 0.167. The maximum Gasteiger partial charge on any atom is 0.329 e. The third-order valence-electron chi connectivity index (χ3n) is 5.23. The van der Waals surface area contributed by atoms with Crippen molar-refractivity contribution in [3.05, 3.63) is 77.9 Å². The lowest BCUT2D eigenvalue weighted by molar-refractivity contribution is -0.156. The monoisotopic (exact) mass is 416 g/mol. The van der Waals surface area contributed by atoms with Crippen LogP contribution in [0.2, 0.25) is 0 Å². The predicted octanol–water partition coefficient (Wildman–Crippen LogP) is 3.39. The standard InChI is InChI=1S/C24H20N2O5/c1-14(26-22(28)19-9-5-6-10-20(19)23(26)29)24(30)31-15(2)21(27)25-18-12-11-16-7-3-4-8-17(16)13-18/h3-15H,1-2H3,(H,25,27). The van der Waals surface area contributed by atoms with Crippen LogP contribution in [-0.4, -0.2) is 40.7 Å². The summed E-state index contributed by atoms with van der Waals surface area (Å²) in [5, 5.41) is 4.71. The van der Waals surface area contributed by atoms with Crippen LogP contribution >= 0.6 is 0 Å². The molecule has 7 heteroatoms. The summed E-state index contributed by atoms with van der Waals surface area (Å²) in [7, 11) is 0. The first kappa shape index (κ1) is 20.3. The zero-order valence-electron chi connectivity index (χ0n) is 17.0. The van der Waals surface area contributed by atoms with Crippen molar-refractivity contribution in [2.24, 2.45) is 0 Å². The van der Waals surface area contributed by atoms with Crippen molar-refractivity contribution in [2.45, 2.75) is 26.0 Å². The van der Waals surface area contributed by atoms with E-state index in [1.807, 2.05) is 36.4 Å². The molecule has 1 heterocycles. The summed E-state index contributed by atoms with van der Waals surface area (Å²) in [6.45, 7) is 2.83. The van der Waals surface area contributed by atoms with Crippen LogP contribution in [0.1, 0.15) is 34.6 Å². The molecule has 31 heavy (non-hydrogen) atoms. The second-order valence-corrected chi connectivity index (χ2v) is 7.33. The van der Waals surface area contributed by atoms with Gasteiger partial charge in [-0.05, 0) is 48.9 Å². The predicted molar refractivity (Wildman–Crippen MR) is 115 cm³/mol. The molecule has 4 rings (SSSR count). The van der Waals surface area contributed by atoms with Gasteiger partial charge in [0.25, 0.3) is 17.7 Å². The maximum absolute atomic E-state index is 12.6. The Morgan fingerprint density at radius 1 is 0.839 bits per heavy atom. The highest BCUT2D eigenvalue weighted by Crippen LogP contribution is 2.25. The number of ether oxygens (including phenoxy) is 1. The third kappa shape index (κ3) is 3.77. The van der Waals surface area contributed by atoms with E-state index in [0.717, 1.165) is 15.7 Å². The van der Waals surface area contributed by atoms with Crippen molar-refractivity contribution in [3.63, 3.8) is 0 Å². The van der Waals surface area contributed by atoms with Gasteiger partial charge in [0.1, 0.15) is 6.04 Å². The van der Waals surface area contributed by atoms with Crippen LogP contribution in [0.4, 0.5) is 5.69 Å². The van der Waals surface area contributed by atoms with E-state index in [2.05, 4.69) is 5.32 Å². The van der Waals surface area contributed by atoms with Gasteiger partial charge in [-0.25, -0.2) is 4.79 Å². The number of rotatable bonds is 5. The zero-order valence-corrected chi connectivity index (χ0v) is 17.0. The summed E-state index contributed by atoms with van der Waals surface area (Å²) in [6, 6.07) is 18.4. The Labute approximate surface area is 178 Å². The van der Waals surface area contributed by atoms with Crippen LogP contribution in [-0.2, 0) is 14.3 Å². The number of esters is 1. The van der Waals surface area contributed by atoms with Crippen LogP contribution < -0.4 is 5.32 Å². The van der Waals surface area contributed by atoms with E-state index in [4.69, 9.17) is 4.74 Å². The van der Waals surface area contributed by atoms with E-state index in [1.165, 1.54) is 26.0 Å². The molecule has 7 nitrogen and oxygen atoms in total. The average molecular weight is 416 g/mol. The van der Waals surface area contributed by atoms with E-state index in [-0.39, 0.29) is 11.1 Å². The second-order valence-electron chi connectivity index (χ2n) is 7.33. The quantitative estimate of drug-likeness (QED) is 0.508. The van der Waals surface area contributed by atoms with Crippen LogP contribution in [0.25, 0.3) is 10.8 Å². The van der Waals surface area contributed by atoms with Crippen molar-refractivity contribution in [1.82, 2.24) is 4.90 Å². The Kier molecular flexibility index (Phi) is 5.25. The fourth-order valence-corrected chi connectivity index (χ4v) is 3.50. The first-order chi connectivity index (χ1) is 14.9. The van der Waals surface area contributed by atoms with E-state index in [1.54, 1.807) is 18.2 Å². The number of amides is 3. The first-order valence-corrected chi connectivity index (χ1v) is 9.84. The summed E-state index contributed by atoms with van der Waals surface area (Å²) in [6.07, 6.45) is -1.11. The van der Waals surface area contributed by atoms with Gasteiger partial charge < -0.3 is 10.1 Å². The van der Waals surface area contributed by atoms with Gasteiger partial charge in [0, 0.05) is 5.69 Å². The van der Waals surface area contributed by atoms with E-state index in [9.17, 15) is 19.2 Å². The minimum absolute atomic E-state index is 0.245. The highest BCUT2D eigenvalue weighted by atomic mass is 16.5. The van der Waals surface area contributed by atoms with Gasteiger partial charge in [0.15, 0.2) is 6.10 Å². The normalized spacial score (nSPS) is 14.8. The van der Waals surface area contributed by atoms with E-state index in [0.29, 0.717) is 5.69 Å². The summed E-state index contributed by atoms with van der Waals surface area (Å²) in [4.78, 5) is 51.0. The number of imide groups is 1. The lowest BCUT2D eigenvalue weighted by Gasteiger charge is -2.22. The Morgan fingerprint density at radius 3 is 2.06 bits per heavy atom. The number of nitrogens with zero attached hydrogens (tertiary/aromatic N) is 1. The van der Waals surface area contributed by atoms with Gasteiger partial charge in [0.05, 0.1) is 11.1 Å². The summed E-state index contributed by atoms with van der Waals surface area (Å²) >= 11 is 0. The van der Waals surface area contributed by atoms with Crippen molar-refractivity contribution < 1.29 is 23.9 Å². The van der Waals surface area contributed by atoms with Crippen molar-refractivity contribution in [1.29, 1.82) is 0 Å². The number of hydrogen-bond acceptors (Lipinski definition) is 5. The molecule has 0 spiro atoms. The Hall–Kier alpha value is -4.00. The SMILES string of the molecule is CC(OC(=O)C(C)N1C(=O)c2ccccc2C1=O)C(=O)Nc1ccc2ccccc2c1. The number of nitrogens with one attached hydrogen (secondary N) is 1. The number of fused-ring (bicyclic) bond motifs is 2. The minimum atomic E-state index is -1.16. The molecule has 3 aromatic carbocycles. The molecule has 2 unspecified atom stereocenters. The lowest BCUT2D eigenvalue weighted by atomic mass is 10.1. The molecule has 0 aliphatic carbocycles. The number of carbonyl (C=O) groups excluding carboxylic acids is 4. The van der Waals surface area contributed by atoms with E-state index < -0.39 is 35.8 Å². The topological polar surface area (TPSA) is 92.8 Å². The Balaban J connectivity index is 1.41. The molecule has 3 aromatic rings.